The number of piperidine rings is 1. The highest BCUT2D eigenvalue weighted by Gasteiger charge is 2.27. The third-order valence-electron chi connectivity index (χ3n) is 6.36. The zero-order chi connectivity index (χ0) is 24.9. The van der Waals surface area contributed by atoms with Crippen LogP contribution in [0.4, 0.5) is 0 Å². The predicted octanol–water partition coefficient (Wildman–Crippen LogP) is 5.73. The molecule has 0 aliphatic carbocycles. The lowest BCUT2D eigenvalue weighted by molar-refractivity contribution is 0.0167. The van der Waals surface area contributed by atoms with Crippen molar-refractivity contribution in [2.75, 3.05) is 19.6 Å². The molecule has 3 aromatic rings. The minimum atomic E-state index is -0.688. The summed E-state index contributed by atoms with van der Waals surface area (Å²) < 4.78 is 9.20. The van der Waals surface area contributed by atoms with Crippen molar-refractivity contribution < 1.29 is 14.6 Å². The van der Waals surface area contributed by atoms with Crippen LogP contribution in [0, 0.1) is 5.92 Å². The minimum Gasteiger partial charge on any atom is -0.444 e. The Balaban J connectivity index is 1.34. The zero-order valence-corrected chi connectivity index (χ0v) is 23.3. The summed E-state index contributed by atoms with van der Waals surface area (Å²) in [6, 6.07) is 11.5. The highest BCUT2D eigenvalue weighted by molar-refractivity contribution is 9.10. The SMILES string of the molecule is CC(C)CCn1cccc1B(O)COC1CCCN(C(=O)c2ccc(-c3cc(Br)cs3)c(Cl)c2)C1. The van der Waals surface area contributed by atoms with Gasteiger partial charge in [-0.1, -0.05) is 31.5 Å². The molecule has 35 heavy (non-hydrogen) atoms. The summed E-state index contributed by atoms with van der Waals surface area (Å²) in [4.78, 5) is 16.1. The second kappa shape index (κ2) is 12.1. The van der Waals surface area contributed by atoms with E-state index in [0.717, 1.165) is 46.3 Å². The van der Waals surface area contributed by atoms with E-state index in [4.69, 9.17) is 16.3 Å². The van der Waals surface area contributed by atoms with Crippen LogP contribution in [0.25, 0.3) is 10.4 Å². The lowest BCUT2D eigenvalue weighted by Crippen LogP contribution is -2.46. The molecule has 9 heteroatoms. The molecule has 1 unspecified atom stereocenters. The standard InChI is InChI=1S/C26H31BBrClN2O3S/c1-18(2)9-12-30-10-4-6-25(30)27(33)17-34-21-5-3-11-31(15-21)26(32)19-7-8-22(23(29)13-19)24-14-20(28)16-35-24/h4,6-8,10,13-14,16,18,21,33H,3,5,9,11-12,15,17H2,1-2H3. The van der Waals surface area contributed by atoms with E-state index in [0.29, 0.717) is 29.6 Å². The van der Waals surface area contributed by atoms with Crippen LogP contribution in [0.2, 0.25) is 5.02 Å². The number of halogens is 2. The second-order valence-corrected chi connectivity index (χ2v) is 11.7. The lowest BCUT2D eigenvalue weighted by Gasteiger charge is -2.33. The molecule has 1 aromatic carbocycles. The first kappa shape index (κ1) is 26.5. The van der Waals surface area contributed by atoms with Crippen molar-refractivity contribution in [3.8, 4) is 10.4 Å². The van der Waals surface area contributed by atoms with E-state index in [1.54, 1.807) is 17.4 Å². The number of aryl methyl sites for hydroxylation is 1. The first-order valence-corrected chi connectivity index (χ1v) is 14.1. The van der Waals surface area contributed by atoms with Gasteiger partial charge in [0, 0.05) is 57.3 Å². The van der Waals surface area contributed by atoms with Gasteiger partial charge in [-0.25, -0.2) is 0 Å². The number of carbonyl (C=O) groups excluding carboxylic acids is 1. The summed E-state index contributed by atoms with van der Waals surface area (Å²) in [6.45, 7) is 6.01. The topological polar surface area (TPSA) is 54.7 Å². The number of thiophene rings is 1. The van der Waals surface area contributed by atoms with Gasteiger partial charge in [0.1, 0.15) is 0 Å². The van der Waals surface area contributed by atoms with Crippen LogP contribution in [0.3, 0.4) is 0 Å². The Bertz CT molecular complexity index is 1150. The molecule has 0 radical (unpaired) electrons. The molecule has 3 heterocycles. The fraction of sp³-hybridized carbons (Fsp3) is 0.423. The molecule has 0 saturated carbocycles. The quantitative estimate of drug-likeness (QED) is 0.331. The molecule has 0 bridgehead atoms. The average Bonchev–Trinajstić information content (AvgIpc) is 3.50. The van der Waals surface area contributed by atoms with Crippen LogP contribution in [0.5, 0.6) is 0 Å². The molecule has 1 aliphatic heterocycles. The van der Waals surface area contributed by atoms with Gasteiger partial charge in [-0.2, -0.15) is 0 Å². The first-order valence-electron chi connectivity index (χ1n) is 12.1. The third-order valence-corrected chi connectivity index (χ3v) is 8.39. The smallest absolute Gasteiger partial charge is 0.368 e. The molecule has 1 atom stereocenters. The highest BCUT2D eigenvalue weighted by Crippen LogP contribution is 2.35. The molecular formula is C26H31BBrClN2O3S. The van der Waals surface area contributed by atoms with Crippen molar-refractivity contribution in [1.29, 1.82) is 0 Å². The maximum atomic E-state index is 13.2. The summed E-state index contributed by atoms with van der Waals surface area (Å²) in [7, 11) is 0. The number of carbonyl (C=O) groups is 1. The van der Waals surface area contributed by atoms with Crippen molar-refractivity contribution >= 4 is 57.3 Å². The monoisotopic (exact) mass is 576 g/mol. The van der Waals surface area contributed by atoms with E-state index in [2.05, 4.69) is 34.3 Å². The minimum absolute atomic E-state index is 0.0396. The van der Waals surface area contributed by atoms with Gasteiger partial charge in [0.05, 0.1) is 17.6 Å². The number of nitrogens with zero attached hydrogens (tertiary/aromatic N) is 2. The lowest BCUT2D eigenvalue weighted by atomic mass is 9.66. The maximum absolute atomic E-state index is 13.2. The predicted molar refractivity (Wildman–Crippen MR) is 149 cm³/mol. The highest BCUT2D eigenvalue weighted by atomic mass is 79.9. The molecule has 4 rings (SSSR count). The van der Waals surface area contributed by atoms with E-state index in [9.17, 15) is 9.82 Å². The molecule has 2 aromatic heterocycles. The number of benzene rings is 1. The van der Waals surface area contributed by atoms with E-state index in [1.165, 1.54) is 0 Å². The van der Waals surface area contributed by atoms with Crippen molar-refractivity contribution in [3.05, 3.63) is 63.0 Å². The molecule has 5 nitrogen and oxygen atoms in total. The van der Waals surface area contributed by atoms with Crippen LogP contribution in [0.15, 0.2) is 52.4 Å². The Morgan fingerprint density at radius 3 is 2.89 bits per heavy atom. The number of likely N-dealkylation sites (tertiary alicyclic amines) is 1. The van der Waals surface area contributed by atoms with Crippen LogP contribution >= 0.6 is 38.9 Å². The Hall–Kier alpha value is -1.58. The third kappa shape index (κ3) is 6.80. The number of hydrogen-bond donors (Lipinski definition) is 1. The largest absolute Gasteiger partial charge is 0.444 e. The average molecular weight is 578 g/mol. The van der Waals surface area contributed by atoms with Crippen LogP contribution in [-0.2, 0) is 11.3 Å². The molecular weight excluding hydrogens is 547 g/mol. The summed E-state index contributed by atoms with van der Waals surface area (Å²) >= 11 is 11.6. The normalized spacial score (nSPS) is 16.2. The number of rotatable bonds is 9. The maximum Gasteiger partial charge on any atom is 0.368 e. The van der Waals surface area contributed by atoms with Crippen molar-refractivity contribution in [2.24, 2.45) is 5.92 Å². The first-order chi connectivity index (χ1) is 16.8. The Labute approximate surface area is 225 Å². The van der Waals surface area contributed by atoms with Gasteiger partial charge in [-0.3, -0.25) is 4.79 Å². The van der Waals surface area contributed by atoms with E-state index in [1.807, 2.05) is 46.8 Å². The summed E-state index contributed by atoms with van der Waals surface area (Å²) in [6.07, 6.45) is 4.71. The van der Waals surface area contributed by atoms with E-state index < -0.39 is 6.92 Å². The fourth-order valence-electron chi connectivity index (χ4n) is 4.39. The Kier molecular flexibility index (Phi) is 9.16. The molecule has 0 spiro atoms. The summed E-state index contributed by atoms with van der Waals surface area (Å²) in [5.41, 5.74) is 2.38. The van der Waals surface area contributed by atoms with Gasteiger partial charge in [0.25, 0.3) is 5.91 Å². The molecule has 1 N–H and O–H groups in total. The van der Waals surface area contributed by atoms with E-state index in [-0.39, 0.29) is 18.5 Å². The summed E-state index contributed by atoms with van der Waals surface area (Å²) in [5.74, 6) is 0.565. The van der Waals surface area contributed by atoms with E-state index >= 15 is 0 Å². The molecule has 1 fully saturated rings. The van der Waals surface area contributed by atoms with Crippen LogP contribution in [-0.4, -0.2) is 53.0 Å². The van der Waals surface area contributed by atoms with Crippen molar-refractivity contribution in [3.63, 3.8) is 0 Å². The van der Waals surface area contributed by atoms with Gasteiger partial charge in [0.15, 0.2) is 0 Å². The van der Waals surface area contributed by atoms with Gasteiger partial charge >= 0.3 is 6.92 Å². The number of amides is 1. The van der Waals surface area contributed by atoms with Crippen LogP contribution < -0.4 is 5.59 Å². The number of ether oxygens (including phenoxy) is 1. The molecule has 1 amide bonds. The van der Waals surface area contributed by atoms with Gasteiger partial charge < -0.3 is 19.2 Å². The van der Waals surface area contributed by atoms with Gasteiger partial charge in [-0.15, -0.1) is 11.3 Å². The van der Waals surface area contributed by atoms with Crippen LogP contribution in [0.1, 0.15) is 43.5 Å². The van der Waals surface area contributed by atoms with Crippen molar-refractivity contribution in [1.82, 2.24) is 9.47 Å². The second-order valence-electron chi connectivity index (χ2n) is 9.50. The molecule has 186 valence electrons. The van der Waals surface area contributed by atoms with Crippen molar-refractivity contribution in [2.45, 2.75) is 45.8 Å². The fourth-order valence-corrected chi connectivity index (χ4v) is 6.19. The number of aromatic nitrogens is 1. The number of hydrogen-bond acceptors (Lipinski definition) is 4. The van der Waals surface area contributed by atoms with Gasteiger partial charge in [0.2, 0.25) is 0 Å². The molecule has 1 saturated heterocycles. The Morgan fingerprint density at radius 1 is 1.34 bits per heavy atom. The molecule has 1 aliphatic rings. The summed E-state index contributed by atoms with van der Waals surface area (Å²) in [5, 5.41) is 13.3. The zero-order valence-electron chi connectivity index (χ0n) is 20.1. The van der Waals surface area contributed by atoms with Gasteiger partial charge in [-0.05, 0) is 71.4 Å². The Morgan fingerprint density at radius 2 is 2.17 bits per heavy atom.